The SMILES string of the molecule is Cc1ccc(C(=O)c2cccc([N+](=O)[O-])c2)cc1C. The molecular formula is C15H13NO3. The number of hydrogen-bond acceptors (Lipinski definition) is 3. The predicted octanol–water partition coefficient (Wildman–Crippen LogP) is 3.44. The molecule has 0 aromatic heterocycles. The lowest BCUT2D eigenvalue weighted by atomic mass is 9.99. The van der Waals surface area contributed by atoms with Gasteiger partial charge in [0.2, 0.25) is 0 Å². The second kappa shape index (κ2) is 5.02. The number of nitrogens with zero attached hydrogens (tertiary/aromatic N) is 1. The Bertz CT molecular complexity index is 662. The number of aryl methyl sites for hydroxylation is 2. The molecule has 0 radical (unpaired) electrons. The van der Waals surface area contributed by atoms with Crippen LogP contribution in [0.5, 0.6) is 0 Å². The number of rotatable bonds is 3. The van der Waals surface area contributed by atoms with Crippen molar-refractivity contribution in [3.8, 4) is 0 Å². The van der Waals surface area contributed by atoms with E-state index in [0.717, 1.165) is 11.1 Å². The first-order valence-corrected chi connectivity index (χ1v) is 5.85. The van der Waals surface area contributed by atoms with Gasteiger partial charge in [0.1, 0.15) is 0 Å². The van der Waals surface area contributed by atoms with Gasteiger partial charge in [0.05, 0.1) is 4.92 Å². The number of non-ortho nitro benzene ring substituents is 1. The number of benzene rings is 2. The molecule has 2 aromatic rings. The normalized spacial score (nSPS) is 10.2. The van der Waals surface area contributed by atoms with Crippen LogP contribution in [0.1, 0.15) is 27.0 Å². The van der Waals surface area contributed by atoms with Crippen LogP contribution in [0.4, 0.5) is 5.69 Å². The van der Waals surface area contributed by atoms with Gasteiger partial charge in [0.25, 0.3) is 5.69 Å². The lowest BCUT2D eigenvalue weighted by Gasteiger charge is -2.04. The Morgan fingerprint density at radius 3 is 2.32 bits per heavy atom. The van der Waals surface area contributed by atoms with Crippen LogP contribution in [-0.2, 0) is 0 Å². The first-order valence-electron chi connectivity index (χ1n) is 5.85. The molecule has 0 unspecified atom stereocenters. The molecule has 0 fully saturated rings. The molecular weight excluding hydrogens is 242 g/mol. The summed E-state index contributed by atoms with van der Waals surface area (Å²) in [4.78, 5) is 22.5. The monoisotopic (exact) mass is 255 g/mol. The van der Waals surface area contributed by atoms with Crippen molar-refractivity contribution in [3.05, 3.63) is 74.8 Å². The maximum atomic E-state index is 12.3. The quantitative estimate of drug-likeness (QED) is 0.479. The zero-order chi connectivity index (χ0) is 14.0. The Morgan fingerprint density at radius 1 is 1.00 bits per heavy atom. The highest BCUT2D eigenvalue weighted by Crippen LogP contribution is 2.18. The molecule has 4 heteroatoms. The molecule has 0 amide bonds. The molecule has 2 aromatic carbocycles. The summed E-state index contributed by atoms with van der Waals surface area (Å²) in [6.45, 7) is 3.90. The molecule has 0 heterocycles. The highest BCUT2D eigenvalue weighted by atomic mass is 16.6. The van der Waals surface area contributed by atoms with Crippen LogP contribution in [-0.4, -0.2) is 10.7 Å². The summed E-state index contributed by atoms with van der Waals surface area (Å²) in [5, 5.41) is 10.7. The molecule has 0 N–H and O–H groups in total. The minimum Gasteiger partial charge on any atom is -0.289 e. The van der Waals surface area contributed by atoms with Gasteiger partial charge in [-0.3, -0.25) is 14.9 Å². The van der Waals surface area contributed by atoms with E-state index in [4.69, 9.17) is 0 Å². The zero-order valence-corrected chi connectivity index (χ0v) is 10.7. The Balaban J connectivity index is 2.41. The van der Waals surface area contributed by atoms with Gasteiger partial charge in [-0.05, 0) is 31.0 Å². The van der Waals surface area contributed by atoms with Crippen LogP contribution in [0.25, 0.3) is 0 Å². The van der Waals surface area contributed by atoms with Crippen molar-refractivity contribution >= 4 is 11.5 Å². The lowest BCUT2D eigenvalue weighted by Crippen LogP contribution is -2.02. The van der Waals surface area contributed by atoms with Crippen LogP contribution in [0, 0.1) is 24.0 Å². The standard InChI is InChI=1S/C15H13NO3/c1-10-6-7-13(8-11(10)2)15(17)12-4-3-5-14(9-12)16(18)19/h3-9H,1-2H3. The second-order valence-electron chi connectivity index (χ2n) is 4.44. The van der Waals surface area contributed by atoms with E-state index in [9.17, 15) is 14.9 Å². The second-order valence-corrected chi connectivity index (χ2v) is 4.44. The van der Waals surface area contributed by atoms with Gasteiger partial charge in [-0.25, -0.2) is 0 Å². The van der Waals surface area contributed by atoms with Gasteiger partial charge < -0.3 is 0 Å². The summed E-state index contributed by atoms with van der Waals surface area (Å²) in [5.41, 5.74) is 2.93. The number of carbonyl (C=O) groups excluding carboxylic acids is 1. The van der Waals surface area contributed by atoms with E-state index in [1.54, 1.807) is 18.2 Å². The average molecular weight is 255 g/mol. The van der Waals surface area contributed by atoms with E-state index >= 15 is 0 Å². The fraction of sp³-hybridized carbons (Fsp3) is 0.133. The summed E-state index contributed by atoms with van der Waals surface area (Å²) in [7, 11) is 0. The van der Waals surface area contributed by atoms with E-state index in [0.29, 0.717) is 11.1 Å². The highest BCUT2D eigenvalue weighted by Gasteiger charge is 2.13. The van der Waals surface area contributed by atoms with Crippen LogP contribution < -0.4 is 0 Å². The molecule has 0 aliphatic rings. The van der Waals surface area contributed by atoms with Crippen LogP contribution in [0.3, 0.4) is 0 Å². The fourth-order valence-electron chi connectivity index (χ4n) is 1.81. The molecule has 2 rings (SSSR count). The summed E-state index contributed by atoms with van der Waals surface area (Å²) >= 11 is 0. The largest absolute Gasteiger partial charge is 0.289 e. The minimum atomic E-state index is -0.503. The van der Waals surface area contributed by atoms with Crippen molar-refractivity contribution in [1.29, 1.82) is 0 Å². The van der Waals surface area contributed by atoms with Gasteiger partial charge in [0, 0.05) is 23.3 Å². The van der Waals surface area contributed by atoms with Crippen molar-refractivity contribution in [2.24, 2.45) is 0 Å². The summed E-state index contributed by atoms with van der Waals surface area (Å²) in [6.07, 6.45) is 0. The third-order valence-electron chi connectivity index (χ3n) is 3.09. The van der Waals surface area contributed by atoms with Gasteiger partial charge in [-0.15, -0.1) is 0 Å². The molecule has 96 valence electrons. The van der Waals surface area contributed by atoms with E-state index in [1.165, 1.54) is 18.2 Å². The van der Waals surface area contributed by atoms with E-state index in [2.05, 4.69) is 0 Å². The van der Waals surface area contributed by atoms with Crippen LogP contribution >= 0.6 is 0 Å². The summed E-state index contributed by atoms with van der Waals surface area (Å²) < 4.78 is 0. The molecule has 0 aliphatic heterocycles. The van der Waals surface area contributed by atoms with Gasteiger partial charge in [-0.1, -0.05) is 24.3 Å². The first-order chi connectivity index (χ1) is 8.99. The van der Waals surface area contributed by atoms with Crippen molar-refractivity contribution in [1.82, 2.24) is 0 Å². The molecule has 0 bridgehead atoms. The molecule has 0 saturated heterocycles. The van der Waals surface area contributed by atoms with Crippen molar-refractivity contribution in [2.75, 3.05) is 0 Å². The smallest absolute Gasteiger partial charge is 0.270 e. The van der Waals surface area contributed by atoms with Gasteiger partial charge in [0.15, 0.2) is 5.78 Å². The van der Waals surface area contributed by atoms with E-state index in [-0.39, 0.29) is 11.5 Å². The third-order valence-corrected chi connectivity index (χ3v) is 3.09. The van der Waals surface area contributed by atoms with Crippen LogP contribution in [0.15, 0.2) is 42.5 Å². The van der Waals surface area contributed by atoms with Crippen LogP contribution in [0.2, 0.25) is 0 Å². The highest BCUT2D eigenvalue weighted by molar-refractivity contribution is 6.09. The molecule has 0 atom stereocenters. The maximum Gasteiger partial charge on any atom is 0.270 e. The molecule has 4 nitrogen and oxygen atoms in total. The Morgan fingerprint density at radius 2 is 1.68 bits per heavy atom. The molecule has 0 saturated carbocycles. The number of ketones is 1. The Kier molecular flexibility index (Phi) is 3.42. The number of nitro benzene ring substituents is 1. The summed E-state index contributed by atoms with van der Waals surface area (Å²) in [5.74, 6) is -0.202. The van der Waals surface area contributed by atoms with Crippen molar-refractivity contribution in [2.45, 2.75) is 13.8 Å². The number of hydrogen-bond donors (Lipinski definition) is 0. The van der Waals surface area contributed by atoms with Gasteiger partial charge in [-0.2, -0.15) is 0 Å². The number of carbonyl (C=O) groups is 1. The Hall–Kier alpha value is -2.49. The maximum absolute atomic E-state index is 12.3. The van der Waals surface area contributed by atoms with Crippen molar-refractivity contribution < 1.29 is 9.72 Å². The summed E-state index contributed by atoms with van der Waals surface area (Å²) in [6, 6.07) is 11.2. The fourth-order valence-corrected chi connectivity index (χ4v) is 1.81. The third kappa shape index (κ3) is 2.68. The predicted molar refractivity (Wildman–Crippen MR) is 72.4 cm³/mol. The lowest BCUT2D eigenvalue weighted by molar-refractivity contribution is -0.384. The van der Waals surface area contributed by atoms with E-state index < -0.39 is 4.92 Å². The van der Waals surface area contributed by atoms with Gasteiger partial charge >= 0.3 is 0 Å². The molecule has 19 heavy (non-hydrogen) atoms. The zero-order valence-electron chi connectivity index (χ0n) is 10.7. The van der Waals surface area contributed by atoms with E-state index in [1.807, 2.05) is 19.9 Å². The minimum absolute atomic E-state index is 0.0744. The first kappa shape index (κ1) is 13.0. The Labute approximate surface area is 110 Å². The molecule has 0 aliphatic carbocycles. The van der Waals surface area contributed by atoms with Crippen molar-refractivity contribution in [3.63, 3.8) is 0 Å². The molecule has 0 spiro atoms. The number of nitro groups is 1. The average Bonchev–Trinajstić information content (AvgIpc) is 2.41. The topological polar surface area (TPSA) is 60.2 Å².